The first-order chi connectivity index (χ1) is 7.40. The predicted octanol–water partition coefficient (Wildman–Crippen LogP) is 1.28. The van der Waals surface area contributed by atoms with Crippen LogP contribution in [0.25, 0.3) is 0 Å². The maximum absolute atomic E-state index is 11.4. The van der Waals surface area contributed by atoms with Crippen LogP contribution in [0.1, 0.15) is 21.5 Å². The summed E-state index contributed by atoms with van der Waals surface area (Å²) in [6.45, 7) is 3.09. The molecule has 0 aliphatic heterocycles. The second-order valence-electron chi connectivity index (χ2n) is 3.38. The zero-order valence-corrected chi connectivity index (χ0v) is 9.20. The number of Topliss-reactive ketones (excluding diaryl/α,β-unsaturated/α-hetero) is 1. The van der Waals surface area contributed by atoms with Gasteiger partial charge in [0.1, 0.15) is 0 Å². The number of methoxy groups -OCH3 is 1. The number of carbonyl (C=O) groups is 2. The SMILES string of the molecule is COc1c(C)c(C(=O)C(=O)O)cc(C)c1O. The van der Waals surface area contributed by atoms with Crippen LogP contribution in [-0.4, -0.2) is 29.1 Å². The molecule has 0 spiro atoms. The molecule has 1 rings (SSSR count). The van der Waals surface area contributed by atoms with Crippen molar-refractivity contribution in [1.29, 1.82) is 0 Å². The average molecular weight is 224 g/mol. The van der Waals surface area contributed by atoms with E-state index in [1.54, 1.807) is 6.92 Å². The van der Waals surface area contributed by atoms with Gasteiger partial charge >= 0.3 is 5.97 Å². The number of benzene rings is 1. The number of phenolic OH excluding ortho intramolecular Hbond substituents is 1. The standard InChI is InChI=1S/C11H12O5/c1-5-4-7(9(13)11(14)15)6(2)10(16-3)8(5)12/h4,12H,1-3H3,(H,14,15). The first-order valence-electron chi connectivity index (χ1n) is 4.55. The quantitative estimate of drug-likeness (QED) is 0.597. The molecule has 0 aliphatic rings. The van der Waals surface area contributed by atoms with Gasteiger partial charge in [-0.3, -0.25) is 4.79 Å². The summed E-state index contributed by atoms with van der Waals surface area (Å²) in [5.41, 5.74) is 0.740. The molecule has 0 amide bonds. The molecule has 0 heterocycles. The molecule has 0 unspecified atom stereocenters. The highest BCUT2D eigenvalue weighted by atomic mass is 16.5. The van der Waals surface area contributed by atoms with Crippen LogP contribution in [0, 0.1) is 13.8 Å². The van der Waals surface area contributed by atoms with Crippen LogP contribution >= 0.6 is 0 Å². The largest absolute Gasteiger partial charge is 0.504 e. The summed E-state index contributed by atoms with van der Waals surface area (Å²) in [5.74, 6) is -2.50. The van der Waals surface area contributed by atoms with Gasteiger partial charge < -0.3 is 14.9 Å². The van der Waals surface area contributed by atoms with Crippen LogP contribution in [-0.2, 0) is 4.79 Å². The van der Waals surface area contributed by atoms with E-state index in [1.165, 1.54) is 20.1 Å². The fourth-order valence-corrected chi connectivity index (χ4v) is 1.47. The molecule has 1 aromatic rings. The first-order valence-corrected chi connectivity index (χ1v) is 4.55. The van der Waals surface area contributed by atoms with Crippen molar-refractivity contribution in [3.05, 3.63) is 22.8 Å². The van der Waals surface area contributed by atoms with Gasteiger partial charge in [0.05, 0.1) is 7.11 Å². The topological polar surface area (TPSA) is 83.8 Å². The van der Waals surface area contributed by atoms with Gasteiger partial charge in [0.2, 0.25) is 0 Å². The molecule has 0 fully saturated rings. The zero-order valence-electron chi connectivity index (χ0n) is 9.20. The minimum atomic E-state index is -1.53. The summed E-state index contributed by atoms with van der Waals surface area (Å²) in [6, 6.07) is 1.34. The number of phenols is 1. The minimum absolute atomic E-state index is 0.0275. The third-order valence-electron chi connectivity index (χ3n) is 2.34. The second kappa shape index (κ2) is 4.22. The summed E-state index contributed by atoms with van der Waals surface area (Å²) in [5, 5.41) is 18.3. The second-order valence-corrected chi connectivity index (χ2v) is 3.38. The smallest absolute Gasteiger partial charge is 0.377 e. The van der Waals surface area contributed by atoms with Gasteiger partial charge in [-0.05, 0) is 25.5 Å². The molecule has 5 nitrogen and oxygen atoms in total. The summed E-state index contributed by atoms with van der Waals surface area (Å²) in [6.07, 6.45) is 0. The van der Waals surface area contributed by atoms with Crippen molar-refractivity contribution in [3.63, 3.8) is 0 Å². The van der Waals surface area contributed by atoms with Gasteiger partial charge in [-0.1, -0.05) is 0 Å². The zero-order chi connectivity index (χ0) is 12.5. The van der Waals surface area contributed by atoms with Crippen LogP contribution in [0.2, 0.25) is 0 Å². The van der Waals surface area contributed by atoms with E-state index >= 15 is 0 Å². The lowest BCUT2D eigenvalue weighted by molar-refractivity contribution is -0.131. The number of hydrogen-bond donors (Lipinski definition) is 2. The molecule has 1 aromatic carbocycles. The number of ether oxygens (including phenoxy) is 1. The monoisotopic (exact) mass is 224 g/mol. The summed E-state index contributed by atoms with van der Waals surface area (Å²) >= 11 is 0. The Kier molecular flexibility index (Phi) is 3.17. The number of rotatable bonds is 3. The highest BCUT2D eigenvalue weighted by Gasteiger charge is 2.22. The van der Waals surface area contributed by atoms with Gasteiger partial charge in [-0.15, -0.1) is 0 Å². The molecule has 2 N–H and O–H groups in total. The van der Waals surface area contributed by atoms with Crippen molar-refractivity contribution >= 4 is 11.8 Å². The van der Waals surface area contributed by atoms with Crippen LogP contribution in [0.4, 0.5) is 0 Å². The van der Waals surface area contributed by atoms with E-state index < -0.39 is 11.8 Å². The van der Waals surface area contributed by atoms with Crippen molar-refractivity contribution < 1.29 is 24.5 Å². The van der Waals surface area contributed by atoms with E-state index in [9.17, 15) is 14.7 Å². The van der Waals surface area contributed by atoms with Gasteiger partial charge in [0.15, 0.2) is 11.5 Å². The third-order valence-corrected chi connectivity index (χ3v) is 2.34. The number of aromatic hydroxyl groups is 1. The molecular formula is C11H12O5. The molecule has 16 heavy (non-hydrogen) atoms. The molecule has 0 saturated carbocycles. The van der Waals surface area contributed by atoms with Gasteiger partial charge in [0.25, 0.3) is 5.78 Å². The lowest BCUT2D eigenvalue weighted by Crippen LogP contribution is -2.14. The maximum Gasteiger partial charge on any atom is 0.377 e. The molecule has 0 radical (unpaired) electrons. The maximum atomic E-state index is 11.4. The van der Waals surface area contributed by atoms with Gasteiger partial charge in [-0.2, -0.15) is 0 Å². The molecular weight excluding hydrogens is 212 g/mol. The predicted molar refractivity (Wildman–Crippen MR) is 56.1 cm³/mol. The average Bonchev–Trinajstić information content (AvgIpc) is 2.23. The Morgan fingerprint density at radius 2 is 1.88 bits per heavy atom. The molecule has 0 saturated heterocycles. The van der Waals surface area contributed by atoms with Crippen LogP contribution < -0.4 is 4.74 Å². The van der Waals surface area contributed by atoms with Crippen molar-refractivity contribution in [3.8, 4) is 11.5 Å². The fraction of sp³-hybridized carbons (Fsp3) is 0.273. The minimum Gasteiger partial charge on any atom is -0.504 e. The van der Waals surface area contributed by atoms with Gasteiger partial charge in [-0.25, -0.2) is 4.79 Å². The van der Waals surface area contributed by atoms with Crippen molar-refractivity contribution in [2.75, 3.05) is 7.11 Å². The third kappa shape index (κ3) is 1.84. The molecule has 0 atom stereocenters. The summed E-state index contributed by atoms with van der Waals surface area (Å²) < 4.78 is 4.93. The molecule has 0 bridgehead atoms. The number of aliphatic carboxylic acids is 1. The lowest BCUT2D eigenvalue weighted by atomic mass is 10.00. The van der Waals surface area contributed by atoms with Crippen LogP contribution in [0.5, 0.6) is 11.5 Å². The van der Waals surface area contributed by atoms with E-state index in [0.29, 0.717) is 11.1 Å². The Balaban J connectivity index is 3.48. The number of carboxylic acids is 1. The first kappa shape index (κ1) is 12.0. The number of aryl methyl sites for hydroxylation is 1. The Labute approximate surface area is 92.3 Å². The Morgan fingerprint density at radius 3 is 2.31 bits per heavy atom. The Hall–Kier alpha value is -2.04. The molecule has 5 heteroatoms. The lowest BCUT2D eigenvalue weighted by Gasteiger charge is -2.12. The van der Waals surface area contributed by atoms with Crippen LogP contribution in [0.3, 0.4) is 0 Å². The number of carbonyl (C=O) groups excluding carboxylic acids is 1. The number of ketones is 1. The molecule has 0 aliphatic carbocycles. The highest BCUT2D eigenvalue weighted by molar-refractivity contribution is 6.40. The Bertz CT molecular complexity index is 462. The molecule has 86 valence electrons. The normalized spacial score (nSPS) is 9.94. The van der Waals surface area contributed by atoms with Crippen molar-refractivity contribution in [1.82, 2.24) is 0 Å². The van der Waals surface area contributed by atoms with Crippen LogP contribution in [0.15, 0.2) is 6.07 Å². The molecule has 0 aromatic heterocycles. The number of carboxylic acid groups (broad SMARTS) is 1. The van der Waals surface area contributed by atoms with E-state index in [0.717, 1.165) is 0 Å². The Morgan fingerprint density at radius 1 is 1.31 bits per heavy atom. The fourth-order valence-electron chi connectivity index (χ4n) is 1.47. The van der Waals surface area contributed by atoms with E-state index in [-0.39, 0.29) is 17.1 Å². The van der Waals surface area contributed by atoms with E-state index in [2.05, 4.69) is 0 Å². The van der Waals surface area contributed by atoms with Crippen molar-refractivity contribution in [2.45, 2.75) is 13.8 Å². The van der Waals surface area contributed by atoms with E-state index in [1.807, 2.05) is 0 Å². The summed E-state index contributed by atoms with van der Waals surface area (Å²) in [4.78, 5) is 22.0. The number of hydrogen-bond acceptors (Lipinski definition) is 4. The summed E-state index contributed by atoms with van der Waals surface area (Å²) in [7, 11) is 1.34. The van der Waals surface area contributed by atoms with E-state index in [4.69, 9.17) is 9.84 Å². The highest BCUT2D eigenvalue weighted by Crippen LogP contribution is 2.35. The van der Waals surface area contributed by atoms with Crippen molar-refractivity contribution in [2.24, 2.45) is 0 Å². The van der Waals surface area contributed by atoms with Gasteiger partial charge in [0, 0.05) is 11.1 Å².